The minimum Gasteiger partial charge on any atom is -0.398 e. The first-order chi connectivity index (χ1) is 9.96. The van der Waals surface area contributed by atoms with E-state index in [0.29, 0.717) is 5.69 Å². The molecule has 0 spiro atoms. The van der Waals surface area contributed by atoms with Gasteiger partial charge in [-0.15, -0.1) is 0 Å². The second-order valence-corrected chi connectivity index (χ2v) is 7.68. The highest BCUT2D eigenvalue weighted by atomic mass is 32.2. The van der Waals surface area contributed by atoms with E-state index in [1.807, 2.05) is 6.92 Å². The van der Waals surface area contributed by atoms with Crippen LogP contribution >= 0.6 is 0 Å². The molecule has 0 atom stereocenters. The Bertz CT molecular complexity index is 576. The molecule has 1 fully saturated rings. The molecule has 5 heteroatoms. The molecule has 0 radical (unpaired) electrons. The minimum absolute atomic E-state index is 0.0601. The van der Waals surface area contributed by atoms with Crippen LogP contribution in [0.2, 0.25) is 0 Å². The molecule has 1 aliphatic carbocycles. The molecule has 3 N–H and O–H groups in total. The Hall–Kier alpha value is -1.07. The second kappa shape index (κ2) is 6.79. The van der Waals surface area contributed by atoms with E-state index in [9.17, 15) is 8.42 Å². The number of aryl methyl sites for hydroxylation is 1. The van der Waals surface area contributed by atoms with E-state index in [0.717, 1.165) is 43.6 Å². The van der Waals surface area contributed by atoms with Crippen molar-refractivity contribution in [2.45, 2.75) is 63.3 Å². The van der Waals surface area contributed by atoms with Gasteiger partial charge in [-0.2, -0.15) is 0 Å². The number of nitrogen functional groups attached to an aromatic ring is 1. The van der Waals surface area contributed by atoms with Crippen LogP contribution in [0.4, 0.5) is 5.69 Å². The Balaban J connectivity index is 2.07. The number of rotatable bonds is 5. The highest BCUT2D eigenvalue weighted by Crippen LogP contribution is 2.27. The molecule has 0 bridgehead atoms. The quantitative estimate of drug-likeness (QED) is 0.821. The number of hydrogen-bond donors (Lipinski definition) is 2. The number of nitrogens with two attached hydrogens (primary N) is 1. The molecule has 1 aromatic rings. The van der Waals surface area contributed by atoms with Gasteiger partial charge in [0.25, 0.3) is 0 Å². The maximum atomic E-state index is 12.4. The van der Waals surface area contributed by atoms with Crippen molar-refractivity contribution in [2.75, 3.05) is 5.73 Å². The van der Waals surface area contributed by atoms with Crippen LogP contribution in [0.1, 0.15) is 51.5 Å². The molecule has 4 nitrogen and oxygen atoms in total. The van der Waals surface area contributed by atoms with Crippen LogP contribution in [-0.4, -0.2) is 14.5 Å². The average Bonchev–Trinajstić information content (AvgIpc) is 2.47. The summed E-state index contributed by atoms with van der Waals surface area (Å²) >= 11 is 0. The summed E-state index contributed by atoms with van der Waals surface area (Å²) in [5, 5.41) is 0. The summed E-state index contributed by atoms with van der Waals surface area (Å²) in [4.78, 5) is 0.273. The average molecular weight is 310 g/mol. The predicted molar refractivity (Wildman–Crippen MR) is 86.6 cm³/mol. The van der Waals surface area contributed by atoms with E-state index < -0.39 is 10.0 Å². The van der Waals surface area contributed by atoms with Crippen LogP contribution in [0.3, 0.4) is 0 Å². The zero-order valence-electron chi connectivity index (χ0n) is 12.9. The Morgan fingerprint density at radius 1 is 1.19 bits per heavy atom. The number of benzene rings is 1. The summed E-state index contributed by atoms with van der Waals surface area (Å²) in [5.41, 5.74) is 7.44. The van der Waals surface area contributed by atoms with Crippen molar-refractivity contribution in [3.63, 3.8) is 0 Å². The van der Waals surface area contributed by atoms with Gasteiger partial charge in [-0.3, -0.25) is 0 Å². The van der Waals surface area contributed by atoms with E-state index in [1.165, 1.54) is 6.42 Å². The van der Waals surface area contributed by atoms with E-state index >= 15 is 0 Å². The highest BCUT2D eigenvalue weighted by Gasteiger charge is 2.25. The van der Waals surface area contributed by atoms with Crippen molar-refractivity contribution in [1.29, 1.82) is 0 Å². The topological polar surface area (TPSA) is 72.2 Å². The van der Waals surface area contributed by atoms with Gasteiger partial charge in [0, 0.05) is 11.7 Å². The van der Waals surface area contributed by atoms with Crippen molar-refractivity contribution >= 4 is 15.7 Å². The summed E-state index contributed by atoms with van der Waals surface area (Å²) in [7, 11) is -3.46. The molecule has 1 saturated carbocycles. The van der Waals surface area contributed by atoms with Crippen molar-refractivity contribution in [3.05, 3.63) is 23.8 Å². The molecule has 0 aliphatic heterocycles. The first-order valence-corrected chi connectivity index (χ1v) is 9.35. The summed E-state index contributed by atoms with van der Waals surface area (Å²) in [6.07, 6.45) is 6.08. The Morgan fingerprint density at radius 3 is 2.38 bits per heavy atom. The monoisotopic (exact) mass is 310 g/mol. The van der Waals surface area contributed by atoms with Crippen LogP contribution in [0.25, 0.3) is 0 Å². The van der Waals surface area contributed by atoms with E-state index in [-0.39, 0.29) is 10.9 Å². The van der Waals surface area contributed by atoms with Gasteiger partial charge >= 0.3 is 0 Å². The molecule has 1 aromatic carbocycles. The lowest BCUT2D eigenvalue weighted by Crippen LogP contribution is -2.37. The van der Waals surface area contributed by atoms with Gasteiger partial charge in [0.15, 0.2) is 0 Å². The molecule has 118 valence electrons. The Labute approximate surface area is 128 Å². The molecular weight excluding hydrogens is 284 g/mol. The first kappa shape index (κ1) is 16.3. The van der Waals surface area contributed by atoms with Crippen molar-refractivity contribution in [3.8, 4) is 0 Å². The largest absolute Gasteiger partial charge is 0.398 e. The van der Waals surface area contributed by atoms with Gasteiger partial charge in [0.2, 0.25) is 10.0 Å². The fraction of sp³-hybridized carbons (Fsp3) is 0.625. The zero-order chi connectivity index (χ0) is 15.5. The lowest BCUT2D eigenvalue weighted by Gasteiger charge is -2.28. The third-order valence-electron chi connectivity index (χ3n) is 4.55. The molecule has 0 heterocycles. The standard InChI is InChI=1S/C16H26N2O2S/c1-3-12-5-8-14(9-6-12)18-21(19,20)15-10-7-13(4-2)16(17)11-15/h7,10-12,14,18H,3-6,8-9,17H2,1-2H3. The molecular formula is C16H26N2O2S. The van der Waals surface area contributed by atoms with Gasteiger partial charge in [-0.25, -0.2) is 13.1 Å². The van der Waals surface area contributed by atoms with E-state index in [1.54, 1.807) is 18.2 Å². The molecule has 2 rings (SSSR count). The predicted octanol–water partition coefficient (Wildman–Crippen LogP) is 3.08. The van der Waals surface area contributed by atoms with Crippen LogP contribution in [0, 0.1) is 5.92 Å². The Morgan fingerprint density at radius 2 is 1.86 bits per heavy atom. The van der Waals surface area contributed by atoms with Gasteiger partial charge in [0.05, 0.1) is 4.90 Å². The normalized spacial score (nSPS) is 23.1. The third-order valence-corrected chi connectivity index (χ3v) is 6.07. The first-order valence-electron chi connectivity index (χ1n) is 7.87. The summed E-state index contributed by atoms with van der Waals surface area (Å²) < 4.78 is 27.7. The fourth-order valence-electron chi connectivity index (χ4n) is 3.04. The number of hydrogen-bond acceptors (Lipinski definition) is 3. The number of nitrogens with one attached hydrogen (secondary N) is 1. The minimum atomic E-state index is -3.46. The Kier molecular flexibility index (Phi) is 5.27. The van der Waals surface area contributed by atoms with Gasteiger partial charge in [-0.1, -0.05) is 26.3 Å². The van der Waals surface area contributed by atoms with Crippen molar-refractivity contribution in [1.82, 2.24) is 4.72 Å². The summed E-state index contributed by atoms with van der Waals surface area (Å²) in [5.74, 6) is 0.755. The maximum absolute atomic E-state index is 12.4. The van der Waals surface area contributed by atoms with E-state index in [4.69, 9.17) is 5.73 Å². The van der Waals surface area contributed by atoms with Gasteiger partial charge < -0.3 is 5.73 Å². The maximum Gasteiger partial charge on any atom is 0.240 e. The smallest absolute Gasteiger partial charge is 0.240 e. The fourth-order valence-corrected chi connectivity index (χ4v) is 4.38. The third kappa shape index (κ3) is 3.98. The lowest BCUT2D eigenvalue weighted by molar-refractivity contribution is 0.306. The zero-order valence-corrected chi connectivity index (χ0v) is 13.7. The van der Waals surface area contributed by atoms with Crippen LogP contribution in [0.5, 0.6) is 0 Å². The van der Waals surface area contributed by atoms with Crippen LogP contribution in [0.15, 0.2) is 23.1 Å². The molecule has 0 unspecified atom stereocenters. The molecule has 1 aliphatic rings. The van der Waals surface area contributed by atoms with Crippen molar-refractivity contribution < 1.29 is 8.42 Å². The molecule has 0 amide bonds. The second-order valence-electron chi connectivity index (χ2n) is 5.96. The SMILES string of the molecule is CCc1ccc(S(=O)(=O)NC2CCC(CC)CC2)cc1N. The van der Waals surface area contributed by atoms with Crippen LogP contribution < -0.4 is 10.5 Å². The van der Waals surface area contributed by atoms with Crippen molar-refractivity contribution in [2.24, 2.45) is 5.92 Å². The summed E-state index contributed by atoms with van der Waals surface area (Å²) in [6, 6.07) is 5.08. The molecule has 0 aromatic heterocycles. The van der Waals surface area contributed by atoms with Crippen LogP contribution in [-0.2, 0) is 16.4 Å². The highest BCUT2D eigenvalue weighted by molar-refractivity contribution is 7.89. The van der Waals surface area contributed by atoms with E-state index in [2.05, 4.69) is 11.6 Å². The van der Waals surface area contributed by atoms with Gasteiger partial charge in [0.1, 0.15) is 0 Å². The molecule has 0 saturated heterocycles. The summed E-state index contributed by atoms with van der Waals surface area (Å²) in [6.45, 7) is 4.21. The molecule has 21 heavy (non-hydrogen) atoms. The van der Waals surface area contributed by atoms with Gasteiger partial charge in [-0.05, 0) is 55.7 Å². The number of sulfonamides is 1. The lowest BCUT2D eigenvalue weighted by atomic mass is 9.85. The number of anilines is 1.